The first-order valence-electron chi connectivity index (χ1n) is 12.9. The zero-order valence-corrected chi connectivity index (χ0v) is 21.7. The van der Waals surface area contributed by atoms with Gasteiger partial charge in [-0.25, -0.2) is 14.3 Å². The molecule has 5 rings (SSSR count). The minimum absolute atomic E-state index is 0.0484. The topological polar surface area (TPSA) is 120 Å². The number of H-pyrrole nitrogens is 1. The molecule has 3 heterocycles. The van der Waals surface area contributed by atoms with Crippen molar-refractivity contribution < 1.29 is 40.3 Å². The number of hydrogen-bond acceptors (Lipinski definition) is 6. The number of aromatic amines is 1. The summed E-state index contributed by atoms with van der Waals surface area (Å²) in [5, 5.41) is 15.0. The molecular formula is C25H24F7N7O3. The maximum atomic E-state index is 15.4. The van der Waals surface area contributed by atoms with E-state index >= 15 is 4.39 Å². The summed E-state index contributed by atoms with van der Waals surface area (Å²) in [6.45, 7) is 0.0495. The monoisotopic (exact) mass is 603 g/mol. The van der Waals surface area contributed by atoms with Crippen molar-refractivity contribution in [3.05, 3.63) is 58.0 Å². The summed E-state index contributed by atoms with van der Waals surface area (Å²) in [6.07, 6.45) is -7.82. The van der Waals surface area contributed by atoms with Crippen molar-refractivity contribution in [2.24, 2.45) is 5.92 Å². The highest BCUT2D eigenvalue weighted by Crippen LogP contribution is 2.49. The first-order chi connectivity index (χ1) is 19.8. The standard InChI is InChI=1S/C25H24F7N7O3/c26-18-11-15(42-10-2-8-24(27,28)29)5-6-17(18)23(25(30,31)32)12-16(19-7-9-38(35-19)13-14-3-1-4-14)20(21(40)33-23)39-22(41)34-36-37-39/h5-7,9,11,14H,1-4,8,10,12-13H2,(H,33,40)(H,34,37,41). The van der Waals surface area contributed by atoms with Crippen LogP contribution in [0, 0.1) is 11.7 Å². The van der Waals surface area contributed by atoms with Crippen molar-refractivity contribution in [1.82, 2.24) is 35.3 Å². The molecule has 1 aliphatic carbocycles. The number of benzene rings is 1. The van der Waals surface area contributed by atoms with Crippen LogP contribution in [-0.2, 0) is 16.9 Å². The van der Waals surface area contributed by atoms with Crippen molar-refractivity contribution in [3.63, 3.8) is 0 Å². The third-order valence-corrected chi connectivity index (χ3v) is 7.33. The van der Waals surface area contributed by atoms with E-state index in [4.69, 9.17) is 4.74 Å². The number of hydrogen-bond donors (Lipinski definition) is 2. The number of alkyl halides is 6. The van der Waals surface area contributed by atoms with Crippen molar-refractivity contribution in [1.29, 1.82) is 0 Å². The molecule has 0 saturated heterocycles. The molecule has 3 aromatic rings. The van der Waals surface area contributed by atoms with Crippen molar-refractivity contribution in [3.8, 4) is 5.75 Å². The Hall–Kier alpha value is -4.18. The third-order valence-electron chi connectivity index (χ3n) is 7.33. The second-order valence-corrected chi connectivity index (χ2v) is 10.2. The van der Waals surface area contributed by atoms with Gasteiger partial charge in [-0.2, -0.15) is 36.1 Å². The molecule has 42 heavy (non-hydrogen) atoms. The van der Waals surface area contributed by atoms with Gasteiger partial charge in [-0.3, -0.25) is 9.48 Å². The van der Waals surface area contributed by atoms with Gasteiger partial charge in [0.1, 0.15) is 17.3 Å². The van der Waals surface area contributed by atoms with Gasteiger partial charge in [0.05, 0.1) is 12.3 Å². The number of ether oxygens (including phenoxy) is 1. The number of amides is 1. The van der Waals surface area contributed by atoms with Gasteiger partial charge < -0.3 is 10.1 Å². The van der Waals surface area contributed by atoms with Crippen LogP contribution in [0.5, 0.6) is 5.75 Å². The van der Waals surface area contributed by atoms with E-state index in [0.717, 1.165) is 31.4 Å². The van der Waals surface area contributed by atoms with Crippen LogP contribution in [0.2, 0.25) is 0 Å². The van der Waals surface area contributed by atoms with Crippen molar-refractivity contribution in [2.45, 2.75) is 63.0 Å². The first kappa shape index (κ1) is 29.3. The average Bonchev–Trinajstić information content (AvgIpc) is 3.51. The SMILES string of the molecule is O=C1NC(c2ccc(OCCCC(F)(F)F)cc2F)(C(F)(F)F)CC(c2ccn(CC3CCC3)n2)=C1n1nn[nH]c1=O. The molecule has 0 bridgehead atoms. The van der Waals surface area contributed by atoms with E-state index in [0.29, 0.717) is 23.2 Å². The van der Waals surface area contributed by atoms with Crippen LogP contribution in [0.15, 0.2) is 35.3 Å². The molecule has 0 radical (unpaired) electrons. The third kappa shape index (κ3) is 5.76. The van der Waals surface area contributed by atoms with E-state index in [2.05, 4.69) is 15.5 Å². The van der Waals surface area contributed by atoms with Crippen LogP contribution in [0.4, 0.5) is 30.7 Å². The van der Waals surface area contributed by atoms with Crippen molar-refractivity contribution in [2.75, 3.05) is 6.61 Å². The fourth-order valence-corrected chi connectivity index (χ4v) is 5.01. The van der Waals surface area contributed by atoms with Gasteiger partial charge in [0, 0.05) is 42.8 Å². The highest BCUT2D eigenvalue weighted by molar-refractivity contribution is 6.22. The van der Waals surface area contributed by atoms with Crippen LogP contribution in [0.25, 0.3) is 11.3 Å². The Labute approximate surface area is 232 Å². The molecule has 1 aliphatic heterocycles. The van der Waals surface area contributed by atoms with Gasteiger partial charge in [-0.15, -0.1) is 0 Å². The minimum atomic E-state index is -5.27. The molecule has 2 N–H and O–H groups in total. The summed E-state index contributed by atoms with van der Waals surface area (Å²) in [5.74, 6) is -2.75. The Morgan fingerprint density at radius 3 is 2.45 bits per heavy atom. The van der Waals surface area contributed by atoms with Gasteiger partial charge in [-0.05, 0) is 53.8 Å². The molecule has 1 unspecified atom stereocenters. The molecule has 1 saturated carbocycles. The highest BCUT2D eigenvalue weighted by atomic mass is 19.4. The normalized spacial score (nSPS) is 20.0. The smallest absolute Gasteiger partial charge is 0.416 e. The van der Waals surface area contributed by atoms with Crippen LogP contribution < -0.4 is 15.7 Å². The maximum Gasteiger partial charge on any atom is 0.416 e. The van der Waals surface area contributed by atoms with Gasteiger partial charge >= 0.3 is 18.0 Å². The summed E-state index contributed by atoms with van der Waals surface area (Å²) in [6, 6.07) is 3.73. The number of nitrogens with one attached hydrogen (secondary N) is 2. The van der Waals surface area contributed by atoms with E-state index in [-0.39, 0.29) is 17.0 Å². The number of halogens is 7. The van der Waals surface area contributed by atoms with Crippen LogP contribution >= 0.6 is 0 Å². The van der Waals surface area contributed by atoms with Crippen LogP contribution in [0.3, 0.4) is 0 Å². The number of tetrazole rings is 1. The van der Waals surface area contributed by atoms with E-state index in [1.807, 2.05) is 10.4 Å². The quantitative estimate of drug-likeness (QED) is 0.280. The number of carbonyl (C=O) groups excluding carboxylic acids is 1. The van der Waals surface area contributed by atoms with E-state index in [9.17, 15) is 35.9 Å². The van der Waals surface area contributed by atoms with E-state index in [1.165, 1.54) is 16.9 Å². The Bertz CT molecular complexity index is 1550. The fourth-order valence-electron chi connectivity index (χ4n) is 5.01. The summed E-state index contributed by atoms with van der Waals surface area (Å²) < 4.78 is 104. The molecule has 0 spiro atoms. The second-order valence-electron chi connectivity index (χ2n) is 10.2. The van der Waals surface area contributed by atoms with Gasteiger partial charge in [0.25, 0.3) is 5.91 Å². The predicted molar refractivity (Wildman–Crippen MR) is 131 cm³/mol. The van der Waals surface area contributed by atoms with Crippen LogP contribution in [0.1, 0.15) is 49.8 Å². The summed E-state index contributed by atoms with van der Waals surface area (Å²) in [5.41, 5.74) is -6.22. The summed E-state index contributed by atoms with van der Waals surface area (Å²) >= 11 is 0. The highest BCUT2D eigenvalue weighted by Gasteiger charge is 2.61. The van der Waals surface area contributed by atoms with Gasteiger partial charge in [-0.1, -0.05) is 6.42 Å². The maximum absolute atomic E-state index is 15.4. The lowest BCUT2D eigenvalue weighted by Gasteiger charge is -2.41. The molecule has 1 atom stereocenters. The second kappa shape index (κ2) is 10.9. The Kier molecular flexibility index (Phi) is 7.61. The molecule has 17 heteroatoms. The Morgan fingerprint density at radius 2 is 1.86 bits per heavy atom. The van der Waals surface area contributed by atoms with E-state index < -0.39 is 72.4 Å². The lowest BCUT2D eigenvalue weighted by Crippen LogP contribution is -2.59. The first-order valence-corrected chi connectivity index (χ1v) is 12.9. The molecule has 2 aromatic heterocycles. The summed E-state index contributed by atoms with van der Waals surface area (Å²) in [7, 11) is 0. The van der Waals surface area contributed by atoms with Crippen LogP contribution in [-0.4, -0.2) is 54.9 Å². The van der Waals surface area contributed by atoms with Gasteiger partial charge in [0.2, 0.25) is 0 Å². The molecule has 1 amide bonds. The average molecular weight is 603 g/mol. The zero-order valence-electron chi connectivity index (χ0n) is 21.7. The minimum Gasteiger partial charge on any atom is -0.493 e. The Morgan fingerprint density at radius 1 is 1.10 bits per heavy atom. The summed E-state index contributed by atoms with van der Waals surface area (Å²) in [4.78, 5) is 25.7. The molecule has 1 fully saturated rings. The molecule has 2 aliphatic rings. The largest absolute Gasteiger partial charge is 0.493 e. The Balaban J connectivity index is 1.54. The number of aromatic nitrogens is 6. The van der Waals surface area contributed by atoms with Crippen molar-refractivity contribution >= 4 is 17.2 Å². The number of rotatable bonds is 9. The fraction of sp³-hybridized carbons (Fsp3) is 0.480. The lowest BCUT2D eigenvalue weighted by molar-refractivity contribution is -0.202. The number of carbonyl (C=O) groups is 1. The zero-order chi connectivity index (χ0) is 30.3. The van der Waals surface area contributed by atoms with E-state index in [1.54, 1.807) is 0 Å². The van der Waals surface area contributed by atoms with Gasteiger partial charge in [0.15, 0.2) is 5.54 Å². The molecule has 226 valence electrons. The lowest BCUT2D eigenvalue weighted by atomic mass is 9.78. The number of nitrogens with zero attached hydrogens (tertiary/aromatic N) is 5. The molecule has 1 aromatic carbocycles. The molecular weight excluding hydrogens is 579 g/mol. The molecule has 10 nitrogen and oxygen atoms in total. The predicted octanol–water partition coefficient (Wildman–Crippen LogP) is 4.17.